The maximum Gasteiger partial charge on any atom is 0.147 e. The summed E-state index contributed by atoms with van der Waals surface area (Å²) in [6, 6.07) is 8.06. The lowest BCUT2D eigenvalue weighted by Gasteiger charge is -2.28. The molecule has 0 spiro atoms. The van der Waals surface area contributed by atoms with Gasteiger partial charge in [-0.2, -0.15) is 0 Å². The topological polar surface area (TPSA) is 49.3 Å². The molecule has 0 aliphatic rings. The molecule has 5 heteroatoms. The fourth-order valence-electron chi connectivity index (χ4n) is 4.34. The Morgan fingerprint density at radius 3 is 1.38 bits per heavy atom. The number of hydrogen-bond donors (Lipinski definition) is 0. The quantitative estimate of drug-likeness (QED) is 0.336. The molecule has 34 heavy (non-hydrogen) atoms. The minimum Gasteiger partial charge on any atom is -0.383 e. The monoisotopic (exact) mass is 462 g/mol. The van der Waals surface area contributed by atoms with E-state index in [1.54, 1.807) is 0 Å². The van der Waals surface area contributed by atoms with Crippen LogP contribution in [0.25, 0.3) is 11.1 Å². The van der Waals surface area contributed by atoms with Gasteiger partial charge in [0.1, 0.15) is 5.78 Å². The number of hydrogen-bond acceptors (Lipinski definition) is 5. The first-order valence-electron chi connectivity index (χ1n) is 12.5. The van der Waals surface area contributed by atoms with Crippen molar-refractivity contribution < 1.29 is 4.79 Å². The molecule has 2 aromatic rings. The van der Waals surface area contributed by atoms with Gasteiger partial charge in [-0.05, 0) is 59.4 Å². The average Bonchev–Trinajstić information content (AvgIpc) is 2.83. The number of nitrogens with zero attached hydrogens (tertiary/aromatic N) is 4. The Kier molecular flexibility index (Phi) is 11.5. The first-order valence-corrected chi connectivity index (χ1v) is 12.5. The molecule has 0 saturated carbocycles. The molecule has 5 nitrogen and oxygen atoms in total. The molecule has 2 heterocycles. The minimum atomic E-state index is -0.181. The van der Waals surface area contributed by atoms with Crippen LogP contribution in [-0.2, 0) is 4.79 Å². The van der Waals surface area contributed by atoms with Crippen molar-refractivity contribution in [2.24, 2.45) is 11.8 Å². The van der Waals surface area contributed by atoms with Crippen LogP contribution in [0.4, 0.5) is 0 Å². The van der Waals surface area contributed by atoms with Gasteiger partial charge in [0.05, 0.1) is 0 Å². The highest BCUT2D eigenvalue weighted by atomic mass is 16.1. The third-order valence-electron chi connectivity index (χ3n) is 5.95. The second kappa shape index (κ2) is 14.3. The van der Waals surface area contributed by atoms with Gasteiger partial charge >= 0.3 is 0 Å². The van der Waals surface area contributed by atoms with E-state index >= 15 is 0 Å². The number of rotatable bonds is 14. The highest BCUT2D eigenvalue weighted by Gasteiger charge is 2.32. The van der Waals surface area contributed by atoms with Gasteiger partial charge in [-0.15, -0.1) is 0 Å². The Morgan fingerprint density at radius 2 is 1.09 bits per heavy atom. The molecule has 0 amide bonds. The number of carbonyl (C=O) groups excluding carboxylic acids is 1. The highest BCUT2D eigenvalue weighted by Crippen LogP contribution is 2.37. The third-order valence-corrected chi connectivity index (χ3v) is 5.95. The maximum absolute atomic E-state index is 14.5. The number of allylic oxidation sites excluding steroid dienone is 2. The fourth-order valence-corrected chi connectivity index (χ4v) is 4.34. The van der Waals surface area contributed by atoms with Crippen LogP contribution in [0, 0.1) is 11.8 Å². The zero-order valence-corrected chi connectivity index (χ0v) is 21.9. The van der Waals surface area contributed by atoms with Gasteiger partial charge in [0.15, 0.2) is 0 Å². The predicted octanol–water partition coefficient (Wildman–Crippen LogP) is 6.16. The molecule has 2 aromatic heterocycles. The van der Waals surface area contributed by atoms with Gasteiger partial charge in [-0.1, -0.05) is 39.5 Å². The minimum absolute atomic E-state index is 0.181. The van der Waals surface area contributed by atoms with Gasteiger partial charge in [0.2, 0.25) is 0 Å². The van der Waals surface area contributed by atoms with E-state index in [1.165, 1.54) is 0 Å². The molecule has 184 valence electrons. The predicted molar refractivity (Wildman–Crippen MR) is 143 cm³/mol. The first kappa shape index (κ1) is 27.3. The lowest BCUT2D eigenvalue weighted by Crippen LogP contribution is -2.28. The second-order valence-corrected chi connectivity index (χ2v) is 9.36. The van der Waals surface area contributed by atoms with Gasteiger partial charge < -0.3 is 9.80 Å². The lowest BCUT2D eigenvalue weighted by atomic mass is 9.76. The zero-order valence-electron chi connectivity index (χ0n) is 21.9. The number of pyridine rings is 2. The van der Waals surface area contributed by atoms with E-state index in [9.17, 15) is 4.79 Å². The molecular weight excluding hydrogens is 420 g/mol. The summed E-state index contributed by atoms with van der Waals surface area (Å²) in [5, 5.41) is 0. The van der Waals surface area contributed by atoms with Crippen LogP contribution in [0.5, 0.6) is 0 Å². The van der Waals surface area contributed by atoms with Crippen LogP contribution < -0.4 is 0 Å². The molecule has 2 unspecified atom stereocenters. The summed E-state index contributed by atoms with van der Waals surface area (Å²) in [6.45, 7) is 4.37. The van der Waals surface area contributed by atoms with Crippen molar-refractivity contribution in [3.05, 3.63) is 72.6 Å². The Labute approximate surface area is 206 Å². The van der Waals surface area contributed by atoms with Crippen molar-refractivity contribution in [2.45, 2.75) is 52.4 Å². The first-order chi connectivity index (χ1) is 16.4. The highest BCUT2D eigenvalue weighted by molar-refractivity contribution is 6.01. The third kappa shape index (κ3) is 8.12. The zero-order chi connectivity index (χ0) is 24.9. The van der Waals surface area contributed by atoms with Crippen LogP contribution in [0.15, 0.2) is 61.5 Å². The van der Waals surface area contributed by atoms with E-state index < -0.39 is 0 Å². The second-order valence-electron chi connectivity index (χ2n) is 9.36. The van der Waals surface area contributed by atoms with E-state index in [1.807, 2.05) is 87.0 Å². The number of unbranched alkanes of at least 4 members (excludes halogenated alkanes) is 2. The summed E-state index contributed by atoms with van der Waals surface area (Å²) in [5.74, 6) is -0.0604. The van der Waals surface area contributed by atoms with Gasteiger partial charge in [0, 0.05) is 77.2 Å². The summed E-state index contributed by atoms with van der Waals surface area (Å²) < 4.78 is 0. The van der Waals surface area contributed by atoms with Crippen LogP contribution >= 0.6 is 0 Å². The molecule has 0 saturated heterocycles. The van der Waals surface area contributed by atoms with E-state index in [2.05, 4.69) is 36.2 Å². The largest absolute Gasteiger partial charge is 0.383 e. The van der Waals surface area contributed by atoms with Crippen molar-refractivity contribution in [2.75, 3.05) is 28.2 Å². The Bertz CT molecular complexity index is 844. The van der Waals surface area contributed by atoms with Crippen molar-refractivity contribution in [3.63, 3.8) is 0 Å². The molecule has 2 rings (SSSR count). The SMILES string of the molecule is CCCCC(C(=O)C(CCCC)C(=CN(C)C)c1ccncc1)C(=CN(C)C)c1ccncc1. The van der Waals surface area contributed by atoms with Crippen LogP contribution in [-0.4, -0.2) is 53.7 Å². The summed E-state index contributed by atoms with van der Waals surface area (Å²) in [7, 11) is 8.08. The molecule has 0 aromatic carbocycles. The van der Waals surface area contributed by atoms with Crippen molar-refractivity contribution in [3.8, 4) is 0 Å². The van der Waals surface area contributed by atoms with Crippen LogP contribution in [0.2, 0.25) is 0 Å². The van der Waals surface area contributed by atoms with E-state index in [-0.39, 0.29) is 11.8 Å². The van der Waals surface area contributed by atoms with E-state index in [0.29, 0.717) is 5.78 Å². The standard InChI is InChI=1S/C29H42N4O/c1-7-9-11-25(27(21-32(3)4)23-13-17-30-18-14-23)29(34)26(12-10-8-2)28(22-33(5)6)24-15-19-31-20-16-24/h13-22,25-26H,7-12H2,1-6H3. The molecular formula is C29H42N4O. The smallest absolute Gasteiger partial charge is 0.147 e. The Balaban J connectivity index is 2.62. The van der Waals surface area contributed by atoms with Crippen LogP contribution in [0.3, 0.4) is 0 Å². The van der Waals surface area contributed by atoms with E-state index in [4.69, 9.17) is 0 Å². The summed E-state index contributed by atoms with van der Waals surface area (Å²) in [6.07, 6.45) is 17.3. The number of ketones is 1. The number of Topliss-reactive ketones (excluding diaryl/α,β-unsaturated/α-hetero) is 1. The normalized spacial score (nSPS) is 13.9. The summed E-state index contributed by atoms with van der Waals surface area (Å²) in [4.78, 5) is 27.0. The summed E-state index contributed by atoms with van der Waals surface area (Å²) in [5.41, 5.74) is 4.28. The molecule has 2 atom stereocenters. The lowest BCUT2D eigenvalue weighted by molar-refractivity contribution is -0.123. The van der Waals surface area contributed by atoms with Crippen LogP contribution in [0.1, 0.15) is 63.5 Å². The molecule has 0 aliphatic heterocycles. The fraction of sp³-hybridized carbons (Fsp3) is 0.483. The molecule has 0 bridgehead atoms. The van der Waals surface area contributed by atoms with Crippen molar-refractivity contribution in [1.82, 2.24) is 19.8 Å². The van der Waals surface area contributed by atoms with Crippen molar-refractivity contribution >= 4 is 16.9 Å². The maximum atomic E-state index is 14.5. The van der Waals surface area contributed by atoms with Gasteiger partial charge in [-0.3, -0.25) is 14.8 Å². The van der Waals surface area contributed by atoms with Gasteiger partial charge in [-0.25, -0.2) is 0 Å². The average molecular weight is 463 g/mol. The molecule has 0 radical (unpaired) electrons. The molecule has 0 aliphatic carbocycles. The molecule has 0 fully saturated rings. The summed E-state index contributed by atoms with van der Waals surface area (Å²) >= 11 is 0. The Morgan fingerprint density at radius 1 is 0.735 bits per heavy atom. The van der Waals surface area contributed by atoms with Crippen molar-refractivity contribution in [1.29, 1.82) is 0 Å². The number of carbonyl (C=O) groups is 1. The Hall–Kier alpha value is -2.95. The number of aromatic nitrogens is 2. The van der Waals surface area contributed by atoms with Gasteiger partial charge in [0.25, 0.3) is 0 Å². The molecule has 0 N–H and O–H groups in total. The van der Waals surface area contributed by atoms with E-state index in [0.717, 1.165) is 60.8 Å².